The number of hydrogen-bond donors (Lipinski definition) is 1. The van der Waals surface area contributed by atoms with E-state index in [0.717, 1.165) is 44.0 Å². The molecule has 1 fully saturated rings. The average Bonchev–Trinajstić information content (AvgIpc) is 2.81. The molecule has 0 aliphatic carbocycles. The van der Waals surface area contributed by atoms with Crippen LogP contribution in [0.3, 0.4) is 0 Å². The summed E-state index contributed by atoms with van der Waals surface area (Å²) >= 11 is 0. The predicted octanol–water partition coefficient (Wildman–Crippen LogP) is 1.28. The van der Waals surface area contributed by atoms with Gasteiger partial charge in [-0.3, -0.25) is 0 Å². The van der Waals surface area contributed by atoms with E-state index in [0.29, 0.717) is 6.04 Å². The van der Waals surface area contributed by atoms with Crippen LogP contribution in [0, 0.1) is 0 Å². The third-order valence-corrected chi connectivity index (χ3v) is 3.47. The zero-order valence-electron chi connectivity index (χ0n) is 11.2. The third kappa shape index (κ3) is 3.15. The minimum Gasteiger partial charge on any atom is -0.493 e. The first-order valence-electron chi connectivity index (χ1n) is 6.41. The highest BCUT2D eigenvalue weighted by atomic mass is 16.5. The van der Waals surface area contributed by atoms with Crippen LogP contribution in [0.15, 0.2) is 18.2 Å². The molecule has 1 aromatic rings. The van der Waals surface area contributed by atoms with Gasteiger partial charge in [-0.1, -0.05) is 6.07 Å². The van der Waals surface area contributed by atoms with Crippen molar-refractivity contribution in [2.24, 2.45) is 5.73 Å². The molecule has 1 unspecified atom stereocenters. The molecule has 0 saturated carbocycles. The van der Waals surface area contributed by atoms with Gasteiger partial charge in [-0.2, -0.15) is 0 Å². The lowest BCUT2D eigenvalue weighted by molar-refractivity contribution is 0.337. The maximum atomic E-state index is 5.90. The first-order chi connectivity index (χ1) is 8.72. The lowest BCUT2D eigenvalue weighted by Crippen LogP contribution is -2.28. The molecule has 2 rings (SSSR count). The number of methoxy groups -OCH3 is 2. The van der Waals surface area contributed by atoms with Gasteiger partial charge in [-0.15, -0.1) is 0 Å². The Hall–Kier alpha value is -1.26. The molecule has 1 saturated heterocycles. The average molecular weight is 250 g/mol. The molecule has 100 valence electrons. The molecule has 4 heteroatoms. The number of nitrogens with two attached hydrogens (primary N) is 1. The number of benzene rings is 1. The molecule has 1 atom stereocenters. The van der Waals surface area contributed by atoms with Gasteiger partial charge in [0.25, 0.3) is 0 Å². The number of likely N-dealkylation sites (tertiary alicyclic amines) is 1. The summed E-state index contributed by atoms with van der Waals surface area (Å²) in [6, 6.07) is 6.46. The summed E-state index contributed by atoms with van der Waals surface area (Å²) < 4.78 is 10.5. The summed E-state index contributed by atoms with van der Waals surface area (Å²) in [5.74, 6) is 1.58. The molecule has 0 spiro atoms. The van der Waals surface area contributed by atoms with E-state index in [1.54, 1.807) is 14.2 Å². The van der Waals surface area contributed by atoms with Gasteiger partial charge in [-0.05, 0) is 37.1 Å². The van der Waals surface area contributed by atoms with Crippen molar-refractivity contribution in [1.82, 2.24) is 4.90 Å². The summed E-state index contributed by atoms with van der Waals surface area (Å²) in [5, 5.41) is 0. The van der Waals surface area contributed by atoms with E-state index in [9.17, 15) is 0 Å². The molecule has 18 heavy (non-hydrogen) atoms. The second-order valence-electron chi connectivity index (χ2n) is 4.79. The van der Waals surface area contributed by atoms with Crippen LogP contribution in [0.4, 0.5) is 0 Å². The van der Waals surface area contributed by atoms with Crippen molar-refractivity contribution in [3.63, 3.8) is 0 Å². The van der Waals surface area contributed by atoms with Crippen LogP contribution in [0.25, 0.3) is 0 Å². The highest BCUT2D eigenvalue weighted by molar-refractivity contribution is 5.42. The normalized spacial score (nSPS) is 20.1. The fraction of sp³-hybridized carbons (Fsp3) is 0.571. The Morgan fingerprint density at radius 3 is 2.67 bits per heavy atom. The van der Waals surface area contributed by atoms with E-state index in [-0.39, 0.29) is 0 Å². The summed E-state index contributed by atoms with van der Waals surface area (Å²) in [5.41, 5.74) is 7.17. The van der Waals surface area contributed by atoms with Crippen LogP contribution >= 0.6 is 0 Å². The van der Waals surface area contributed by atoms with Crippen molar-refractivity contribution >= 4 is 0 Å². The van der Waals surface area contributed by atoms with Gasteiger partial charge in [0.15, 0.2) is 11.5 Å². The van der Waals surface area contributed by atoms with Gasteiger partial charge in [0.2, 0.25) is 0 Å². The first-order valence-corrected chi connectivity index (χ1v) is 6.41. The molecule has 0 radical (unpaired) electrons. The molecule has 4 nitrogen and oxygen atoms in total. The highest BCUT2D eigenvalue weighted by Gasteiger charge is 2.18. The Labute approximate surface area is 109 Å². The van der Waals surface area contributed by atoms with E-state index in [2.05, 4.69) is 17.0 Å². The second-order valence-corrected chi connectivity index (χ2v) is 4.79. The van der Waals surface area contributed by atoms with Gasteiger partial charge >= 0.3 is 0 Å². The van der Waals surface area contributed by atoms with E-state index in [4.69, 9.17) is 15.2 Å². The third-order valence-electron chi connectivity index (χ3n) is 3.47. The predicted molar refractivity (Wildman–Crippen MR) is 72.3 cm³/mol. The molecule has 2 N–H and O–H groups in total. The highest BCUT2D eigenvalue weighted by Crippen LogP contribution is 2.27. The molecule has 1 aliphatic rings. The minimum atomic E-state index is 0.357. The maximum absolute atomic E-state index is 5.90. The Morgan fingerprint density at radius 1 is 1.28 bits per heavy atom. The van der Waals surface area contributed by atoms with Crippen molar-refractivity contribution in [3.8, 4) is 11.5 Å². The van der Waals surface area contributed by atoms with Gasteiger partial charge in [0, 0.05) is 19.1 Å². The first kappa shape index (κ1) is 13.2. The van der Waals surface area contributed by atoms with Crippen LogP contribution in [0.5, 0.6) is 11.5 Å². The van der Waals surface area contributed by atoms with E-state index in [1.165, 1.54) is 5.56 Å². The topological polar surface area (TPSA) is 47.7 Å². The van der Waals surface area contributed by atoms with Crippen LogP contribution in [0.2, 0.25) is 0 Å². The van der Waals surface area contributed by atoms with Crippen molar-refractivity contribution in [2.75, 3.05) is 33.9 Å². The molecule has 0 bridgehead atoms. The Balaban J connectivity index is 1.93. The van der Waals surface area contributed by atoms with Gasteiger partial charge in [0.05, 0.1) is 14.2 Å². The Morgan fingerprint density at radius 2 is 2.06 bits per heavy atom. The zero-order valence-corrected chi connectivity index (χ0v) is 11.2. The standard InChI is InChI=1S/C14H22N2O2/c1-17-13-4-3-11(9-14(13)18-2)5-7-16-8-6-12(15)10-16/h3-4,9,12H,5-8,10,15H2,1-2H3. The Bertz CT molecular complexity index is 395. The van der Waals surface area contributed by atoms with Crippen LogP contribution in [-0.2, 0) is 6.42 Å². The minimum absolute atomic E-state index is 0.357. The van der Waals surface area contributed by atoms with Crippen molar-refractivity contribution in [3.05, 3.63) is 23.8 Å². The van der Waals surface area contributed by atoms with Crippen molar-refractivity contribution < 1.29 is 9.47 Å². The van der Waals surface area contributed by atoms with Crippen LogP contribution < -0.4 is 15.2 Å². The molecule has 1 heterocycles. The zero-order chi connectivity index (χ0) is 13.0. The second kappa shape index (κ2) is 6.07. The summed E-state index contributed by atoms with van der Waals surface area (Å²) in [6.45, 7) is 3.20. The van der Waals surface area contributed by atoms with Gasteiger partial charge in [0.1, 0.15) is 0 Å². The number of nitrogens with zero attached hydrogens (tertiary/aromatic N) is 1. The molecular weight excluding hydrogens is 228 g/mol. The largest absolute Gasteiger partial charge is 0.493 e. The van der Waals surface area contributed by atoms with Crippen molar-refractivity contribution in [1.29, 1.82) is 0 Å². The number of ether oxygens (including phenoxy) is 2. The van der Waals surface area contributed by atoms with Crippen LogP contribution in [0.1, 0.15) is 12.0 Å². The van der Waals surface area contributed by atoms with Gasteiger partial charge in [-0.25, -0.2) is 0 Å². The Kier molecular flexibility index (Phi) is 4.44. The lowest BCUT2D eigenvalue weighted by atomic mass is 10.1. The molecular formula is C14H22N2O2. The molecule has 1 aliphatic heterocycles. The summed E-state index contributed by atoms with van der Waals surface area (Å²) in [4.78, 5) is 2.42. The summed E-state index contributed by atoms with van der Waals surface area (Å²) in [7, 11) is 3.32. The molecule has 0 amide bonds. The maximum Gasteiger partial charge on any atom is 0.160 e. The van der Waals surface area contributed by atoms with E-state index < -0.39 is 0 Å². The smallest absolute Gasteiger partial charge is 0.160 e. The van der Waals surface area contributed by atoms with Crippen molar-refractivity contribution in [2.45, 2.75) is 18.9 Å². The summed E-state index contributed by atoms with van der Waals surface area (Å²) in [6.07, 6.45) is 2.14. The SMILES string of the molecule is COc1ccc(CCN2CCC(N)C2)cc1OC. The quantitative estimate of drug-likeness (QED) is 0.855. The van der Waals surface area contributed by atoms with E-state index in [1.807, 2.05) is 6.07 Å². The molecule has 1 aromatic carbocycles. The number of hydrogen-bond acceptors (Lipinski definition) is 4. The fourth-order valence-corrected chi connectivity index (χ4v) is 2.39. The lowest BCUT2D eigenvalue weighted by Gasteiger charge is -2.15. The van der Waals surface area contributed by atoms with Crippen LogP contribution in [-0.4, -0.2) is 44.8 Å². The molecule has 0 aromatic heterocycles. The monoisotopic (exact) mass is 250 g/mol. The number of rotatable bonds is 5. The van der Waals surface area contributed by atoms with Gasteiger partial charge < -0.3 is 20.1 Å². The fourth-order valence-electron chi connectivity index (χ4n) is 2.39. The van der Waals surface area contributed by atoms with E-state index >= 15 is 0 Å².